The van der Waals surface area contributed by atoms with Crippen LogP contribution in [0.2, 0.25) is 0 Å². The van der Waals surface area contributed by atoms with Gasteiger partial charge in [0.25, 0.3) is 0 Å². The van der Waals surface area contributed by atoms with E-state index >= 15 is 0 Å². The molecule has 100 valence electrons. The number of alkyl halides is 3. The van der Waals surface area contributed by atoms with Gasteiger partial charge < -0.3 is 10.5 Å². The van der Waals surface area contributed by atoms with Crippen molar-refractivity contribution in [1.82, 2.24) is 0 Å². The summed E-state index contributed by atoms with van der Waals surface area (Å²) in [5.41, 5.74) is 6.43. The van der Waals surface area contributed by atoms with Gasteiger partial charge in [-0.05, 0) is 35.9 Å². The van der Waals surface area contributed by atoms with E-state index in [9.17, 15) is 13.2 Å². The van der Waals surface area contributed by atoms with Gasteiger partial charge in [0.2, 0.25) is 0 Å². The van der Waals surface area contributed by atoms with E-state index in [0.717, 1.165) is 12.1 Å². The SMILES string of the molecule is COc1ccc(N)c(-c2cccc(C(F)(F)F)c2)c1. The zero-order valence-electron chi connectivity index (χ0n) is 10.2. The first-order valence-electron chi connectivity index (χ1n) is 5.53. The molecular weight excluding hydrogens is 255 g/mol. The molecule has 0 aliphatic heterocycles. The molecule has 0 bridgehead atoms. The molecular formula is C14H12F3NO. The van der Waals surface area contributed by atoms with Crippen LogP contribution in [0.3, 0.4) is 0 Å². The number of nitrogen functional groups attached to an aromatic ring is 1. The highest BCUT2D eigenvalue weighted by atomic mass is 19.4. The Balaban J connectivity index is 2.53. The zero-order valence-corrected chi connectivity index (χ0v) is 10.2. The van der Waals surface area contributed by atoms with Crippen LogP contribution in [-0.2, 0) is 6.18 Å². The van der Waals surface area contributed by atoms with Crippen molar-refractivity contribution < 1.29 is 17.9 Å². The topological polar surface area (TPSA) is 35.2 Å². The molecule has 0 amide bonds. The van der Waals surface area contributed by atoms with Crippen LogP contribution in [0.5, 0.6) is 5.75 Å². The summed E-state index contributed by atoms with van der Waals surface area (Å²) in [4.78, 5) is 0. The minimum absolute atomic E-state index is 0.403. The Morgan fingerprint density at radius 1 is 1.05 bits per heavy atom. The number of hydrogen-bond acceptors (Lipinski definition) is 2. The lowest BCUT2D eigenvalue weighted by molar-refractivity contribution is -0.137. The summed E-state index contributed by atoms with van der Waals surface area (Å²) in [7, 11) is 1.49. The van der Waals surface area contributed by atoms with Crippen molar-refractivity contribution >= 4 is 5.69 Å². The number of rotatable bonds is 2. The Hall–Kier alpha value is -2.17. The monoisotopic (exact) mass is 267 g/mol. The van der Waals surface area contributed by atoms with E-state index < -0.39 is 11.7 Å². The molecule has 2 N–H and O–H groups in total. The van der Waals surface area contributed by atoms with Crippen molar-refractivity contribution in [1.29, 1.82) is 0 Å². The summed E-state index contributed by atoms with van der Waals surface area (Å²) in [6.45, 7) is 0. The van der Waals surface area contributed by atoms with Gasteiger partial charge in [-0.3, -0.25) is 0 Å². The Labute approximate surface area is 108 Å². The predicted octanol–water partition coefficient (Wildman–Crippen LogP) is 3.96. The second kappa shape index (κ2) is 4.84. The van der Waals surface area contributed by atoms with Crippen LogP contribution in [0.4, 0.5) is 18.9 Å². The summed E-state index contributed by atoms with van der Waals surface area (Å²) < 4.78 is 43.1. The van der Waals surface area contributed by atoms with Crippen molar-refractivity contribution in [2.75, 3.05) is 12.8 Å². The molecule has 0 atom stereocenters. The number of hydrogen-bond donors (Lipinski definition) is 1. The van der Waals surface area contributed by atoms with Gasteiger partial charge in [-0.2, -0.15) is 13.2 Å². The molecule has 2 rings (SSSR count). The first kappa shape index (κ1) is 13.3. The van der Waals surface area contributed by atoms with E-state index in [1.54, 1.807) is 24.3 Å². The lowest BCUT2D eigenvalue weighted by Gasteiger charge is -2.11. The Kier molecular flexibility index (Phi) is 3.38. The van der Waals surface area contributed by atoms with Gasteiger partial charge in [0.15, 0.2) is 0 Å². The molecule has 0 saturated carbocycles. The van der Waals surface area contributed by atoms with Gasteiger partial charge in [0, 0.05) is 11.3 Å². The van der Waals surface area contributed by atoms with Gasteiger partial charge in [0.1, 0.15) is 5.75 Å². The van der Waals surface area contributed by atoms with E-state index in [1.165, 1.54) is 13.2 Å². The van der Waals surface area contributed by atoms with Crippen LogP contribution in [0.25, 0.3) is 11.1 Å². The van der Waals surface area contributed by atoms with Crippen LogP contribution in [0.15, 0.2) is 42.5 Å². The van der Waals surface area contributed by atoms with E-state index in [2.05, 4.69) is 0 Å². The van der Waals surface area contributed by atoms with Crippen molar-refractivity contribution in [2.45, 2.75) is 6.18 Å². The normalized spacial score (nSPS) is 11.4. The molecule has 0 aliphatic carbocycles. The minimum Gasteiger partial charge on any atom is -0.497 e. The fourth-order valence-corrected chi connectivity index (χ4v) is 1.78. The highest BCUT2D eigenvalue weighted by Crippen LogP contribution is 2.35. The quantitative estimate of drug-likeness (QED) is 0.836. The predicted molar refractivity (Wildman–Crippen MR) is 67.8 cm³/mol. The maximum atomic E-state index is 12.7. The maximum Gasteiger partial charge on any atom is 0.416 e. The smallest absolute Gasteiger partial charge is 0.416 e. The third-order valence-electron chi connectivity index (χ3n) is 2.76. The first-order chi connectivity index (χ1) is 8.91. The number of benzene rings is 2. The van der Waals surface area contributed by atoms with Gasteiger partial charge in [0.05, 0.1) is 12.7 Å². The van der Waals surface area contributed by atoms with Crippen molar-refractivity contribution in [2.24, 2.45) is 0 Å². The molecule has 0 aliphatic rings. The fourth-order valence-electron chi connectivity index (χ4n) is 1.78. The van der Waals surface area contributed by atoms with Crippen molar-refractivity contribution in [3.63, 3.8) is 0 Å². The molecule has 0 fully saturated rings. The van der Waals surface area contributed by atoms with Crippen LogP contribution in [0.1, 0.15) is 5.56 Å². The molecule has 0 saturated heterocycles. The van der Waals surface area contributed by atoms with Gasteiger partial charge in [-0.15, -0.1) is 0 Å². The minimum atomic E-state index is -4.37. The summed E-state index contributed by atoms with van der Waals surface area (Å²) >= 11 is 0. The van der Waals surface area contributed by atoms with Crippen LogP contribution >= 0.6 is 0 Å². The molecule has 2 aromatic rings. The Bertz CT molecular complexity index is 593. The zero-order chi connectivity index (χ0) is 14.0. The largest absolute Gasteiger partial charge is 0.497 e. The molecule has 0 heterocycles. The molecule has 2 nitrogen and oxygen atoms in total. The van der Waals surface area contributed by atoms with Crippen LogP contribution < -0.4 is 10.5 Å². The van der Waals surface area contributed by atoms with Gasteiger partial charge in [-0.1, -0.05) is 12.1 Å². The number of nitrogens with two attached hydrogens (primary N) is 1. The Morgan fingerprint density at radius 2 is 1.79 bits per heavy atom. The van der Waals surface area contributed by atoms with E-state index in [1.807, 2.05) is 0 Å². The van der Waals surface area contributed by atoms with Crippen LogP contribution in [-0.4, -0.2) is 7.11 Å². The lowest BCUT2D eigenvalue weighted by atomic mass is 10.0. The number of anilines is 1. The van der Waals surface area contributed by atoms with Gasteiger partial charge >= 0.3 is 6.18 Å². The molecule has 5 heteroatoms. The molecule has 0 spiro atoms. The third-order valence-corrected chi connectivity index (χ3v) is 2.76. The standard InChI is InChI=1S/C14H12F3NO/c1-19-11-5-6-13(18)12(8-11)9-3-2-4-10(7-9)14(15,16)17/h2-8H,18H2,1H3. The fraction of sp³-hybridized carbons (Fsp3) is 0.143. The maximum absolute atomic E-state index is 12.7. The van der Waals surface area contributed by atoms with Gasteiger partial charge in [-0.25, -0.2) is 0 Å². The molecule has 0 unspecified atom stereocenters. The first-order valence-corrected chi connectivity index (χ1v) is 5.53. The van der Waals surface area contributed by atoms with Crippen molar-refractivity contribution in [3.05, 3.63) is 48.0 Å². The van der Waals surface area contributed by atoms with Crippen molar-refractivity contribution in [3.8, 4) is 16.9 Å². The summed E-state index contributed by atoms with van der Waals surface area (Å²) in [6.07, 6.45) is -4.37. The average Bonchev–Trinajstić information content (AvgIpc) is 2.38. The van der Waals surface area contributed by atoms with E-state index in [4.69, 9.17) is 10.5 Å². The number of methoxy groups -OCH3 is 1. The van der Waals surface area contributed by atoms with E-state index in [0.29, 0.717) is 22.6 Å². The molecule has 2 aromatic carbocycles. The van der Waals surface area contributed by atoms with E-state index in [-0.39, 0.29) is 0 Å². The highest BCUT2D eigenvalue weighted by molar-refractivity contribution is 5.78. The second-order valence-corrected chi connectivity index (χ2v) is 4.03. The molecule has 19 heavy (non-hydrogen) atoms. The summed E-state index contributed by atoms with van der Waals surface area (Å²) in [6, 6.07) is 9.92. The highest BCUT2D eigenvalue weighted by Gasteiger charge is 2.30. The number of ether oxygens (including phenoxy) is 1. The average molecular weight is 267 g/mol. The van der Waals surface area contributed by atoms with Crippen LogP contribution in [0, 0.1) is 0 Å². The molecule has 0 aromatic heterocycles. The molecule has 0 radical (unpaired) electrons. The number of halogens is 3. The lowest BCUT2D eigenvalue weighted by Crippen LogP contribution is -2.04. The summed E-state index contributed by atoms with van der Waals surface area (Å²) in [5, 5.41) is 0. The third kappa shape index (κ3) is 2.81. The summed E-state index contributed by atoms with van der Waals surface area (Å²) in [5.74, 6) is 0.543. The second-order valence-electron chi connectivity index (χ2n) is 4.03. The Morgan fingerprint density at radius 3 is 2.42 bits per heavy atom.